The van der Waals surface area contributed by atoms with Crippen molar-refractivity contribution < 1.29 is 19.5 Å². The van der Waals surface area contributed by atoms with E-state index in [2.05, 4.69) is 16.9 Å². The summed E-state index contributed by atoms with van der Waals surface area (Å²) in [6, 6.07) is 12.8. The van der Waals surface area contributed by atoms with Gasteiger partial charge in [0.1, 0.15) is 5.25 Å². The Balaban J connectivity index is 1.71. The van der Waals surface area contributed by atoms with Crippen LogP contribution >= 0.6 is 23.4 Å². The Morgan fingerprint density at radius 3 is 2.63 bits per heavy atom. The largest absolute Gasteiger partial charge is 0.478 e. The van der Waals surface area contributed by atoms with Crippen molar-refractivity contribution in [2.45, 2.75) is 11.7 Å². The second-order valence-corrected chi connectivity index (χ2v) is 7.96. The molecule has 1 atom stereocenters. The lowest BCUT2D eigenvalue weighted by Gasteiger charge is -2.13. The second-order valence-electron chi connectivity index (χ2n) is 6.35. The first-order valence-corrected chi connectivity index (χ1v) is 10.2. The van der Waals surface area contributed by atoms with Crippen LogP contribution in [-0.2, 0) is 9.59 Å². The molecule has 2 amide bonds. The van der Waals surface area contributed by atoms with Crippen LogP contribution in [0.1, 0.15) is 16.8 Å². The minimum Gasteiger partial charge on any atom is -0.478 e. The van der Waals surface area contributed by atoms with Gasteiger partial charge < -0.3 is 10.4 Å². The summed E-state index contributed by atoms with van der Waals surface area (Å²) in [5.41, 5.74) is 1.18. The number of carbonyl (C=O) groups excluding carboxylic acids is 2. The number of aromatic carboxylic acids is 1. The predicted octanol–water partition coefficient (Wildman–Crippen LogP) is 4.18. The number of carboxylic acids is 1. The van der Waals surface area contributed by atoms with Crippen molar-refractivity contribution in [2.75, 3.05) is 11.9 Å². The maximum atomic E-state index is 12.8. The van der Waals surface area contributed by atoms with Gasteiger partial charge in [-0.2, -0.15) is 0 Å². The number of nitrogens with one attached hydrogen (secondary N) is 1. The molecule has 0 aromatic heterocycles. The Labute approximate surface area is 182 Å². The average molecular weight is 444 g/mol. The number of thioether (sulfide) groups is 1. The molecular formula is C21H18ClN3O4S. The molecule has 1 heterocycles. The molecule has 0 bridgehead atoms. The SMILES string of the molecule is C=CCN1C(=O)[C@H](CC(=O)Nc2ccc(C(=O)O)cc2)SC1=Nc1cccc(Cl)c1. The quantitative estimate of drug-likeness (QED) is 0.625. The van der Waals surface area contributed by atoms with E-state index in [1.807, 2.05) is 0 Å². The van der Waals surface area contributed by atoms with E-state index in [0.717, 1.165) is 0 Å². The summed E-state index contributed by atoms with van der Waals surface area (Å²) < 4.78 is 0. The molecule has 1 aliphatic rings. The summed E-state index contributed by atoms with van der Waals surface area (Å²) in [7, 11) is 0. The molecule has 0 saturated carbocycles. The maximum Gasteiger partial charge on any atom is 0.335 e. The number of amides is 2. The van der Waals surface area contributed by atoms with Crippen molar-refractivity contribution in [1.29, 1.82) is 0 Å². The number of hydrogen-bond donors (Lipinski definition) is 2. The fraction of sp³-hybridized carbons (Fsp3) is 0.143. The first-order valence-electron chi connectivity index (χ1n) is 8.94. The molecule has 0 radical (unpaired) electrons. The molecular weight excluding hydrogens is 426 g/mol. The van der Waals surface area contributed by atoms with Crippen LogP contribution in [0.3, 0.4) is 0 Å². The summed E-state index contributed by atoms with van der Waals surface area (Å²) >= 11 is 7.21. The highest BCUT2D eigenvalue weighted by molar-refractivity contribution is 8.15. The molecule has 2 aromatic rings. The first-order chi connectivity index (χ1) is 14.4. The van der Waals surface area contributed by atoms with Gasteiger partial charge in [0.15, 0.2) is 5.17 Å². The van der Waals surface area contributed by atoms with Crippen molar-refractivity contribution in [3.63, 3.8) is 0 Å². The van der Waals surface area contributed by atoms with Gasteiger partial charge in [0.05, 0.1) is 11.3 Å². The Morgan fingerprint density at radius 2 is 2.00 bits per heavy atom. The van der Waals surface area contributed by atoms with Gasteiger partial charge in [0, 0.05) is 23.7 Å². The minimum absolute atomic E-state index is 0.0492. The molecule has 7 nitrogen and oxygen atoms in total. The number of nitrogens with zero attached hydrogens (tertiary/aromatic N) is 2. The smallest absolute Gasteiger partial charge is 0.335 e. The summed E-state index contributed by atoms with van der Waals surface area (Å²) in [5.74, 6) is -1.63. The fourth-order valence-electron chi connectivity index (χ4n) is 2.75. The second kappa shape index (κ2) is 9.60. The van der Waals surface area contributed by atoms with Gasteiger partial charge in [0.2, 0.25) is 11.8 Å². The summed E-state index contributed by atoms with van der Waals surface area (Å²) in [6.07, 6.45) is 1.55. The van der Waals surface area contributed by atoms with E-state index in [1.54, 1.807) is 30.3 Å². The lowest BCUT2D eigenvalue weighted by Crippen LogP contribution is -2.33. The number of anilines is 1. The van der Waals surface area contributed by atoms with Gasteiger partial charge in [-0.05, 0) is 42.5 Å². The molecule has 0 spiro atoms. The van der Waals surface area contributed by atoms with E-state index in [-0.39, 0.29) is 30.3 Å². The Hall–Kier alpha value is -3.10. The number of rotatable bonds is 7. The molecule has 0 unspecified atom stereocenters. The van der Waals surface area contributed by atoms with Gasteiger partial charge in [-0.1, -0.05) is 35.5 Å². The van der Waals surface area contributed by atoms with E-state index in [4.69, 9.17) is 16.7 Å². The number of hydrogen-bond acceptors (Lipinski definition) is 5. The first kappa shape index (κ1) is 21.6. The van der Waals surface area contributed by atoms with E-state index in [9.17, 15) is 14.4 Å². The summed E-state index contributed by atoms with van der Waals surface area (Å²) in [6.45, 7) is 3.95. The zero-order chi connectivity index (χ0) is 21.7. The van der Waals surface area contributed by atoms with Crippen LogP contribution in [-0.4, -0.2) is 44.8 Å². The van der Waals surface area contributed by atoms with Crippen LogP contribution in [0.15, 0.2) is 66.2 Å². The maximum absolute atomic E-state index is 12.8. The molecule has 0 aliphatic carbocycles. The van der Waals surface area contributed by atoms with Gasteiger partial charge in [-0.25, -0.2) is 9.79 Å². The van der Waals surface area contributed by atoms with Crippen LogP contribution < -0.4 is 5.32 Å². The highest BCUT2D eigenvalue weighted by Gasteiger charge is 2.38. The van der Waals surface area contributed by atoms with Crippen molar-refractivity contribution in [3.8, 4) is 0 Å². The van der Waals surface area contributed by atoms with Gasteiger partial charge in [0.25, 0.3) is 0 Å². The molecule has 30 heavy (non-hydrogen) atoms. The molecule has 2 N–H and O–H groups in total. The van der Waals surface area contributed by atoms with Crippen molar-refractivity contribution in [3.05, 3.63) is 71.8 Å². The molecule has 1 fully saturated rings. The molecule has 2 aromatic carbocycles. The van der Waals surface area contributed by atoms with Gasteiger partial charge in [-0.15, -0.1) is 6.58 Å². The number of aliphatic imine (C=N–C) groups is 1. The number of halogens is 1. The van der Waals surface area contributed by atoms with Crippen molar-refractivity contribution in [1.82, 2.24) is 4.90 Å². The summed E-state index contributed by atoms with van der Waals surface area (Å²) in [4.78, 5) is 42.1. The number of carbonyl (C=O) groups is 3. The Morgan fingerprint density at radius 1 is 1.27 bits per heavy atom. The van der Waals surface area contributed by atoms with Gasteiger partial charge in [-0.3, -0.25) is 14.5 Å². The van der Waals surface area contributed by atoms with Crippen LogP contribution in [0.2, 0.25) is 5.02 Å². The Kier molecular flexibility index (Phi) is 6.91. The Bertz CT molecular complexity index is 1020. The highest BCUT2D eigenvalue weighted by Crippen LogP contribution is 2.32. The topological polar surface area (TPSA) is 99.1 Å². The third-order valence-electron chi connectivity index (χ3n) is 4.15. The van der Waals surface area contributed by atoms with Gasteiger partial charge >= 0.3 is 5.97 Å². The predicted molar refractivity (Wildman–Crippen MR) is 118 cm³/mol. The normalized spacial score (nSPS) is 17.2. The van der Waals surface area contributed by atoms with E-state index < -0.39 is 11.2 Å². The average Bonchev–Trinajstić information content (AvgIpc) is 2.97. The molecule has 9 heteroatoms. The van der Waals surface area contributed by atoms with Crippen LogP contribution in [0, 0.1) is 0 Å². The number of amidine groups is 1. The van der Waals surface area contributed by atoms with Crippen LogP contribution in [0.5, 0.6) is 0 Å². The van der Waals surface area contributed by atoms with E-state index in [1.165, 1.54) is 40.9 Å². The third-order valence-corrected chi connectivity index (χ3v) is 5.56. The molecule has 1 aliphatic heterocycles. The van der Waals surface area contributed by atoms with E-state index >= 15 is 0 Å². The third kappa shape index (κ3) is 5.28. The molecule has 3 rings (SSSR count). The zero-order valence-corrected chi connectivity index (χ0v) is 17.3. The molecule has 154 valence electrons. The number of benzene rings is 2. The highest BCUT2D eigenvalue weighted by atomic mass is 35.5. The lowest BCUT2D eigenvalue weighted by molar-refractivity contribution is -0.127. The van der Waals surface area contributed by atoms with Crippen LogP contribution in [0.4, 0.5) is 11.4 Å². The van der Waals surface area contributed by atoms with Crippen molar-refractivity contribution >= 4 is 57.7 Å². The summed E-state index contributed by atoms with van der Waals surface area (Å²) in [5, 5.41) is 12.0. The van der Waals surface area contributed by atoms with E-state index in [0.29, 0.717) is 21.6 Å². The lowest BCUT2D eigenvalue weighted by atomic mass is 10.2. The standard InChI is InChI=1S/C21H18ClN3O4S/c1-2-10-25-19(27)17(30-21(25)24-16-5-3-4-14(22)11-16)12-18(26)23-15-8-6-13(7-9-15)20(28)29/h2-9,11,17H,1,10,12H2,(H,23,26)(H,28,29)/t17-/m0/s1. The van der Waals surface area contributed by atoms with Crippen LogP contribution in [0.25, 0.3) is 0 Å². The van der Waals surface area contributed by atoms with Crippen molar-refractivity contribution in [2.24, 2.45) is 4.99 Å². The zero-order valence-electron chi connectivity index (χ0n) is 15.7. The fourth-order valence-corrected chi connectivity index (χ4v) is 4.11. The monoisotopic (exact) mass is 443 g/mol. The molecule has 1 saturated heterocycles. The number of carboxylic acid groups (broad SMARTS) is 1. The minimum atomic E-state index is -1.05.